The smallest absolute Gasteiger partial charge is 0.131 e. The van der Waals surface area contributed by atoms with E-state index in [0.29, 0.717) is 26.4 Å². The molecule has 0 spiro atoms. The molecule has 136 valence electrons. The van der Waals surface area contributed by atoms with Gasteiger partial charge in [0.15, 0.2) is 0 Å². The van der Waals surface area contributed by atoms with Gasteiger partial charge in [-0.2, -0.15) is 0 Å². The third-order valence-corrected chi connectivity index (χ3v) is 4.49. The Hall–Kier alpha value is -3.04. The molecule has 3 nitrogen and oxygen atoms in total. The van der Waals surface area contributed by atoms with E-state index in [1.165, 1.54) is 0 Å². The summed E-state index contributed by atoms with van der Waals surface area (Å²) in [6.45, 7) is 2.32. The van der Waals surface area contributed by atoms with Gasteiger partial charge in [0.05, 0.1) is 13.2 Å². The number of rotatable bonds is 7. The summed E-state index contributed by atoms with van der Waals surface area (Å²) in [5, 5.41) is 0. The van der Waals surface area contributed by atoms with Gasteiger partial charge in [0.2, 0.25) is 0 Å². The predicted octanol–water partition coefficient (Wildman–Crippen LogP) is 5.26. The summed E-state index contributed by atoms with van der Waals surface area (Å²) in [7, 11) is 0. The Labute approximate surface area is 159 Å². The van der Waals surface area contributed by atoms with Gasteiger partial charge in [0, 0.05) is 11.6 Å². The van der Waals surface area contributed by atoms with Crippen LogP contribution in [0.2, 0.25) is 0 Å². The van der Waals surface area contributed by atoms with Crippen LogP contribution in [0.3, 0.4) is 0 Å². The summed E-state index contributed by atoms with van der Waals surface area (Å²) in [6, 6.07) is 26.3. The van der Waals surface area contributed by atoms with Gasteiger partial charge in [-0.25, -0.2) is 0 Å². The van der Waals surface area contributed by atoms with E-state index in [-0.39, 0.29) is 0 Å². The van der Waals surface area contributed by atoms with Crippen molar-refractivity contribution in [2.45, 2.75) is 13.2 Å². The fourth-order valence-corrected chi connectivity index (χ4v) is 3.03. The van der Waals surface area contributed by atoms with Crippen LogP contribution in [-0.2, 0) is 18.0 Å². The van der Waals surface area contributed by atoms with E-state index in [4.69, 9.17) is 14.2 Å². The highest BCUT2D eigenvalue weighted by Crippen LogP contribution is 2.33. The molecular weight excluding hydrogens is 336 g/mol. The molecule has 0 amide bonds. The van der Waals surface area contributed by atoms with Crippen molar-refractivity contribution in [2.75, 3.05) is 13.2 Å². The summed E-state index contributed by atoms with van der Waals surface area (Å²) in [5.41, 5.74) is 4.50. The van der Waals surface area contributed by atoms with Crippen LogP contribution in [0, 0.1) is 0 Å². The van der Waals surface area contributed by atoms with Crippen LogP contribution in [0.5, 0.6) is 11.5 Å². The first-order valence-corrected chi connectivity index (χ1v) is 9.13. The first-order chi connectivity index (χ1) is 13.4. The number of hydrogen-bond acceptors (Lipinski definition) is 3. The Morgan fingerprint density at radius 2 is 1.41 bits per heavy atom. The van der Waals surface area contributed by atoms with Crippen LogP contribution in [0.15, 0.2) is 84.9 Å². The highest BCUT2D eigenvalue weighted by molar-refractivity contribution is 5.73. The van der Waals surface area contributed by atoms with Gasteiger partial charge in [-0.1, -0.05) is 66.7 Å². The van der Waals surface area contributed by atoms with Gasteiger partial charge < -0.3 is 14.2 Å². The average Bonchev–Trinajstić information content (AvgIpc) is 3.27. The third kappa shape index (κ3) is 4.57. The lowest BCUT2D eigenvalue weighted by molar-refractivity contribution is 0.215. The lowest BCUT2D eigenvalue weighted by atomic mass is 10.1. The molecule has 0 bridgehead atoms. The van der Waals surface area contributed by atoms with Gasteiger partial charge in [-0.15, -0.1) is 0 Å². The van der Waals surface area contributed by atoms with Crippen molar-refractivity contribution in [3.8, 4) is 11.5 Å². The molecule has 1 heterocycles. The van der Waals surface area contributed by atoms with Gasteiger partial charge >= 0.3 is 0 Å². The summed E-state index contributed by atoms with van der Waals surface area (Å²) in [6.07, 6.45) is 2.11. The zero-order chi connectivity index (χ0) is 18.3. The number of benzene rings is 3. The lowest BCUT2D eigenvalue weighted by Crippen LogP contribution is -2.01. The molecule has 3 heteroatoms. The van der Waals surface area contributed by atoms with E-state index in [2.05, 4.69) is 36.4 Å². The van der Waals surface area contributed by atoms with Crippen LogP contribution in [0.1, 0.15) is 16.7 Å². The Morgan fingerprint density at radius 3 is 2.04 bits per heavy atom. The Morgan fingerprint density at radius 1 is 0.741 bits per heavy atom. The minimum atomic E-state index is 0.518. The van der Waals surface area contributed by atoms with Crippen LogP contribution in [0.4, 0.5) is 0 Å². The van der Waals surface area contributed by atoms with Crippen molar-refractivity contribution in [1.29, 1.82) is 0 Å². The Balaban J connectivity index is 1.53. The SMILES string of the molecule is C1=C(c2ccc(OCc3ccccc3)cc2OCc2ccccc2)COC1. The molecule has 0 atom stereocenters. The van der Waals surface area contributed by atoms with Gasteiger partial charge in [-0.3, -0.25) is 0 Å². The molecule has 1 aliphatic heterocycles. The van der Waals surface area contributed by atoms with Crippen LogP contribution in [0.25, 0.3) is 5.57 Å². The molecule has 3 aromatic rings. The van der Waals surface area contributed by atoms with E-state index in [9.17, 15) is 0 Å². The summed E-state index contributed by atoms with van der Waals surface area (Å²) < 4.78 is 17.6. The molecule has 0 aliphatic carbocycles. The molecule has 27 heavy (non-hydrogen) atoms. The first kappa shape index (κ1) is 17.4. The molecular formula is C24H22O3. The molecule has 0 aromatic heterocycles. The predicted molar refractivity (Wildman–Crippen MR) is 107 cm³/mol. The third-order valence-electron chi connectivity index (χ3n) is 4.49. The molecule has 0 saturated heterocycles. The minimum Gasteiger partial charge on any atom is -0.489 e. The second kappa shape index (κ2) is 8.56. The number of hydrogen-bond donors (Lipinski definition) is 0. The van der Waals surface area contributed by atoms with E-state index >= 15 is 0 Å². The highest BCUT2D eigenvalue weighted by Gasteiger charge is 2.14. The normalized spacial score (nSPS) is 13.3. The van der Waals surface area contributed by atoms with Crippen molar-refractivity contribution >= 4 is 5.57 Å². The molecule has 0 saturated carbocycles. The Bertz CT molecular complexity index is 901. The molecule has 0 radical (unpaired) electrons. The second-order valence-electron chi connectivity index (χ2n) is 6.45. The Kier molecular flexibility index (Phi) is 5.51. The topological polar surface area (TPSA) is 27.7 Å². The standard InChI is InChI=1S/C24H22O3/c1-3-7-19(8-4-1)16-26-22-11-12-23(21-13-14-25-18-21)24(15-22)27-17-20-9-5-2-6-10-20/h1-13,15H,14,16-18H2. The second-order valence-corrected chi connectivity index (χ2v) is 6.45. The maximum absolute atomic E-state index is 6.15. The first-order valence-electron chi connectivity index (χ1n) is 9.13. The van der Waals surface area contributed by atoms with Crippen molar-refractivity contribution < 1.29 is 14.2 Å². The van der Waals surface area contributed by atoms with Crippen LogP contribution < -0.4 is 9.47 Å². The largest absolute Gasteiger partial charge is 0.489 e. The maximum atomic E-state index is 6.15. The molecule has 0 N–H and O–H groups in total. The van der Waals surface area contributed by atoms with E-state index < -0.39 is 0 Å². The van der Waals surface area contributed by atoms with Crippen molar-refractivity contribution in [3.63, 3.8) is 0 Å². The molecule has 0 fully saturated rings. The van der Waals surface area contributed by atoms with Crippen LogP contribution in [-0.4, -0.2) is 13.2 Å². The molecule has 3 aromatic carbocycles. The van der Waals surface area contributed by atoms with Gasteiger partial charge in [0.25, 0.3) is 0 Å². The monoisotopic (exact) mass is 358 g/mol. The van der Waals surface area contributed by atoms with E-state index in [1.54, 1.807) is 0 Å². The molecule has 0 unspecified atom stereocenters. The summed E-state index contributed by atoms with van der Waals surface area (Å²) in [4.78, 5) is 0. The summed E-state index contributed by atoms with van der Waals surface area (Å²) >= 11 is 0. The van der Waals surface area contributed by atoms with Crippen molar-refractivity contribution in [1.82, 2.24) is 0 Å². The van der Waals surface area contributed by atoms with Crippen molar-refractivity contribution in [2.24, 2.45) is 0 Å². The van der Waals surface area contributed by atoms with Gasteiger partial charge in [-0.05, 0) is 28.8 Å². The summed E-state index contributed by atoms with van der Waals surface area (Å²) in [5.74, 6) is 1.62. The zero-order valence-corrected chi connectivity index (χ0v) is 15.1. The minimum absolute atomic E-state index is 0.518. The molecule has 1 aliphatic rings. The maximum Gasteiger partial charge on any atom is 0.131 e. The fourth-order valence-electron chi connectivity index (χ4n) is 3.03. The van der Waals surface area contributed by atoms with E-state index in [0.717, 1.165) is 33.8 Å². The van der Waals surface area contributed by atoms with E-state index in [1.807, 2.05) is 48.5 Å². The zero-order valence-electron chi connectivity index (χ0n) is 15.1. The quantitative estimate of drug-likeness (QED) is 0.577. The van der Waals surface area contributed by atoms with Crippen LogP contribution >= 0.6 is 0 Å². The van der Waals surface area contributed by atoms with Crippen molar-refractivity contribution in [3.05, 3.63) is 102 Å². The number of ether oxygens (including phenoxy) is 3. The molecule has 4 rings (SSSR count). The van der Waals surface area contributed by atoms with Gasteiger partial charge in [0.1, 0.15) is 24.7 Å². The lowest BCUT2D eigenvalue weighted by Gasteiger charge is -2.15. The fraction of sp³-hybridized carbons (Fsp3) is 0.167. The highest BCUT2D eigenvalue weighted by atomic mass is 16.5. The average molecular weight is 358 g/mol.